The Balaban J connectivity index is 1.84. The normalized spacial score (nSPS) is 16.3. The summed E-state index contributed by atoms with van der Waals surface area (Å²) in [5.41, 5.74) is 5.23. The molecular weight excluding hydrogens is 298 g/mol. The number of fused-ring (bicyclic) bond motifs is 1. The van der Waals surface area contributed by atoms with Crippen LogP contribution < -0.4 is 4.74 Å². The van der Waals surface area contributed by atoms with Crippen LogP contribution in [0.5, 0.6) is 5.75 Å². The maximum absolute atomic E-state index is 5.95. The third kappa shape index (κ3) is 3.57. The van der Waals surface area contributed by atoms with Gasteiger partial charge in [0.15, 0.2) is 0 Å². The highest BCUT2D eigenvalue weighted by Gasteiger charge is 2.30. The van der Waals surface area contributed by atoms with Crippen molar-refractivity contribution in [1.82, 2.24) is 4.98 Å². The minimum absolute atomic E-state index is 0.554. The fourth-order valence-corrected chi connectivity index (χ4v) is 2.73. The fraction of sp³-hybridized carbons (Fsp3) is 0.286. The molecule has 0 aliphatic carbocycles. The van der Waals surface area contributed by atoms with E-state index in [1.165, 1.54) is 5.56 Å². The number of hydrogen-bond donors (Lipinski definition) is 0. The maximum atomic E-state index is 5.95. The Bertz CT molecular complexity index is 789. The Labute approximate surface area is 143 Å². The third-order valence-corrected chi connectivity index (χ3v) is 4.09. The molecule has 1 aromatic carbocycles. The summed E-state index contributed by atoms with van der Waals surface area (Å²) in [6.45, 7) is 8.45. The Hall–Kier alpha value is -2.39. The second-order valence-corrected chi connectivity index (χ2v) is 6.43. The lowest BCUT2D eigenvalue weighted by Crippen LogP contribution is -2.36. The number of allylic oxidation sites excluding steroid dienone is 2. The number of hydrogen-bond acceptors (Lipinski definition) is 3. The monoisotopic (exact) mass is 321 g/mol. The number of nitrogens with zero attached hydrogens (tertiary/aromatic N) is 1. The van der Waals surface area contributed by atoms with Crippen LogP contribution in [0.4, 0.5) is 0 Å². The second-order valence-electron chi connectivity index (χ2n) is 6.43. The molecule has 2 heterocycles. The Kier molecular flexibility index (Phi) is 4.54. The molecule has 3 nitrogen and oxygen atoms in total. The summed E-state index contributed by atoms with van der Waals surface area (Å²) >= 11 is 0. The molecule has 0 amide bonds. The molecule has 124 valence electrons. The molecular formula is C21H23NO2. The second kappa shape index (κ2) is 6.62. The van der Waals surface area contributed by atoms with Crippen LogP contribution in [0.2, 0.25) is 0 Å². The number of aryl methyl sites for hydroxylation is 1. The van der Waals surface area contributed by atoms with Crippen molar-refractivity contribution in [3.05, 3.63) is 70.6 Å². The highest BCUT2D eigenvalue weighted by atomic mass is 16.7. The summed E-state index contributed by atoms with van der Waals surface area (Å²) in [5.74, 6) is 0.266. The van der Waals surface area contributed by atoms with Crippen LogP contribution in [0.15, 0.2) is 42.5 Å². The number of ether oxygens (including phenoxy) is 2. The van der Waals surface area contributed by atoms with E-state index in [2.05, 4.69) is 25.1 Å². The van der Waals surface area contributed by atoms with Crippen molar-refractivity contribution in [3.63, 3.8) is 0 Å². The van der Waals surface area contributed by atoms with E-state index in [9.17, 15) is 0 Å². The summed E-state index contributed by atoms with van der Waals surface area (Å²) < 4.78 is 11.7. The van der Waals surface area contributed by atoms with Gasteiger partial charge in [0.1, 0.15) is 5.75 Å². The molecule has 0 radical (unpaired) electrons. The summed E-state index contributed by atoms with van der Waals surface area (Å²) in [7, 11) is 0. The van der Waals surface area contributed by atoms with Crippen molar-refractivity contribution in [2.75, 3.05) is 0 Å². The van der Waals surface area contributed by atoms with Gasteiger partial charge in [0, 0.05) is 19.4 Å². The third-order valence-electron chi connectivity index (χ3n) is 4.09. The molecule has 24 heavy (non-hydrogen) atoms. The quantitative estimate of drug-likeness (QED) is 0.740. The summed E-state index contributed by atoms with van der Waals surface area (Å²) in [6, 6.07) is 10.2. The highest BCUT2D eigenvalue weighted by Crippen LogP contribution is 2.36. The van der Waals surface area contributed by atoms with E-state index in [-0.39, 0.29) is 0 Å². The molecule has 0 spiro atoms. The van der Waals surface area contributed by atoms with E-state index in [4.69, 9.17) is 14.5 Å². The van der Waals surface area contributed by atoms with Gasteiger partial charge in [-0.15, -0.1) is 0 Å². The lowest BCUT2D eigenvalue weighted by atomic mass is 10.0. The highest BCUT2D eigenvalue weighted by molar-refractivity contribution is 5.60. The molecule has 0 fully saturated rings. The van der Waals surface area contributed by atoms with Crippen molar-refractivity contribution in [2.45, 2.75) is 40.1 Å². The van der Waals surface area contributed by atoms with Gasteiger partial charge >= 0.3 is 0 Å². The van der Waals surface area contributed by atoms with Crippen LogP contribution >= 0.6 is 0 Å². The van der Waals surface area contributed by atoms with Gasteiger partial charge in [-0.25, -0.2) is 4.98 Å². The Morgan fingerprint density at radius 2 is 1.75 bits per heavy atom. The van der Waals surface area contributed by atoms with Crippen LogP contribution in [0.25, 0.3) is 12.2 Å². The van der Waals surface area contributed by atoms with Gasteiger partial charge in [-0.2, -0.15) is 0 Å². The average Bonchev–Trinajstić information content (AvgIpc) is 2.56. The molecule has 0 atom stereocenters. The zero-order chi connectivity index (χ0) is 17.2. The van der Waals surface area contributed by atoms with Crippen molar-refractivity contribution in [2.24, 2.45) is 0 Å². The predicted octanol–water partition coefficient (Wildman–Crippen LogP) is 5.07. The molecule has 1 aromatic heterocycles. The van der Waals surface area contributed by atoms with Crippen LogP contribution in [-0.4, -0.2) is 10.8 Å². The van der Waals surface area contributed by atoms with Gasteiger partial charge in [0.05, 0.1) is 18.0 Å². The first kappa shape index (κ1) is 16.5. The van der Waals surface area contributed by atoms with Gasteiger partial charge in [0.2, 0.25) is 5.79 Å². The molecule has 0 unspecified atom stereocenters. The van der Waals surface area contributed by atoms with Gasteiger partial charge < -0.3 is 9.47 Å². The predicted molar refractivity (Wildman–Crippen MR) is 97.7 cm³/mol. The molecule has 2 aromatic rings. The van der Waals surface area contributed by atoms with Crippen LogP contribution in [0.3, 0.4) is 0 Å². The molecule has 0 bridgehead atoms. The lowest BCUT2D eigenvalue weighted by Gasteiger charge is -2.34. The van der Waals surface area contributed by atoms with Crippen molar-refractivity contribution < 1.29 is 9.47 Å². The number of aromatic nitrogens is 1. The first-order valence-corrected chi connectivity index (χ1v) is 8.19. The van der Waals surface area contributed by atoms with Gasteiger partial charge in [-0.3, -0.25) is 0 Å². The van der Waals surface area contributed by atoms with Crippen LogP contribution in [-0.2, 0) is 11.3 Å². The minimum Gasteiger partial charge on any atom is -0.461 e. The number of pyridine rings is 1. The molecule has 0 N–H and O–H groups in total. The molecule has 0 saturated heterocycles. The van der Waals surface area contributed by atoms with Gasteiger partial charge in [0.25, 0.3) is 0 Å². The van der Waals surface area contributed by atoms with E-state index < -0.39 is 5.79 Å². The lowest BCUT2D eigenvalue weighted by molar-refractivity contribution is -0.180. The van der Waals surface area contributed by atoms with Crippen molar-refractivity contribution >= 4 is 12.2 Å². The standard InChI is InChI=1S/C21H23NO2/c1-15-18-14-23-21(3,4)24-20(18)16(2)22-19(15)13-9-8-12-17-10-6-5-7-11-17/h5-13H,14H2,1-4H3/b12-8+,13-9+. The topological polar surface area (TPSA) is 31.4 Å². The van der Waals surface area contributed by atoms with E-state index in [0.717, 1.165) is 28.3 Å². The van der Waals surface area contributed by atoms with E-state index >= 15 is 0 Å². The Morgan fingerprint density at radius 3 is 2.50 bits per heavy atom. The smallest absolute Gasteiger partial charge is 0.205 e. The van der Waals surface area contributed by atoms with E-state index in [1.807, 2.05) is 57.2 Å². The largest absolute Gasteiger partial charge is 0.461 e. The van der Waals surface area contributed by atoms with Gasteiger partial charge in [-0.1, -0.05) is 48.6 Å². The minimum atomic E-state index is -0.596. The molecule has 3 heteroatoms. The fourth-order valence-electron chi connectivity index (χ4n) is 2.73. The average molecular weight is 321 g/mol. The SMILES string of the molecule is Cc1nc(/C=C/C=C/c2ccccc2)c(C)c2c1OC(C)(C)OC2. The zero-order valence-electron chi connectivity index (χ0n) is 14.7. The Morgan fingerprint density at radius 1 is 1.04 bits per heavy atom. The molecule has 3 rings (SSSR count). The van der Waals surface area contributed by atoms with Gasteiger partial charge in [-0.05, 0) is 31.1 Å². The van der Waals surface area contributed by atoms with E-state index in [1.54, 1.807) is 0 Å². The van der Waals surface area contributed by atoms with Crippen LogP contribution in [0, 0.1) is 13.8 Å². The first-order valence-electron chi connectivity index (χ1n) is 8.19. The molecule has 0 saturated carbocycles. The van der Waals surface area contributed by atoms with Crippen molar-refractivity contribution in [3.8, 4) is 5.75 Å². The summed E-state index contributed by atoms with van der Waals surface area (Å²) in [4.78, 5) is 4.69. The molecule has 1 aliphatic heterocycles. The zero-order valence-corrected chi connectivity index (χ0v) is 14.7. The first-order chi connectivity index (χ1) is 11.5. The summed E-state index contributed by atoms with van der Waals surface area (Å²) in [5, 5.41) is 0. The molecule has 1 aliphatic rings. The summed E-state index contributed by atoms with van der Waals surface area (Å²) in [6.07, 6.45) is 8.15. The number of benzene rings is 1. The van der Waals surface area contributed by atoms with Crippen molar-refractivity contribution in [1.29, 1.82) is 0 Å². The number of rotatable bonds is 3. The van der Waals surface area contributed by atoms with E-state index in [0.29, 0.717) is 6.61 Å². The maximum Gasteiger partial charge on any atom is 0.205 e. The van der Waals surface area contributed by atoms with Crippen LogP contribution in [0.1, 0.15) is 41.9 Å².